The number of allylic oxidation sites excluding steroid dienone is 1. The SMILES string of the molecule is COc1ccc(C2C=C(c3ccc(OC)cc3OC)Oc3[nH]c(=S)[nH]c(=O)c32)cc1. The lowest BCUT2D eigenvalue weighted by Gasteiger charge is -2.25. The van der Waals surface area contributed by atoms with Gasteiger partial charge in [-0.25, -0.2) is 0 Å². The fourth-order valence-electron chi connectivity index (χ4n) is 3.44. The molecule has 0 bridgehead atoms. The highest BCUT2D eigenvalue weighted by Crippen LogP contribution is 2.40. The van der Waals surface area contributed by atoms with Crippen molar-refractivity contribution in [2.45, 2.75) is 5.92 Å². The van der Waals surface area contributed by atoms with Crippen molar-refractivity contribution in [3.63, 3.8) is 0 Å². The van der Waals surface area contributed by atoms with E-state index >= 15 is 0 Å². The molecule has 2 N–H and O–H groups in total. The quantitative estimate of drug-likeness (QED) is 0.602. The summed E-state index contributed by atoms with van der Waals surface area (Å²) in [5.41, 5.74) is 1.78. The van der Waals surface area contributed by atoms with Crippen molar-refractivity contribution < 1.29 is 18.9 Å². The topological polar surface area (TPSA) is 85.6 Å². The van der Waals surface area contributed by atoms with Gasteiger partial charge in [-0.2, -0.15) is 0 Å². The van der Waals surface area contributed by atoms with Crippen LogP contribution in [0.1, 0.15) is 22.6 Å². The zero-order valence-electron chi connectivity index (χ0n) is 16.6. The number of fused-ring (bicyclic) bond motifs is 1. The molecular weight excluding hydrogens is 404 g/mol. The highest BCUT2D eigenvalue weighted by Gasteiger charge is 2.29. The Morgan fingerprint density at radius 1 is 0.933 bits per heavy atom. The van der Waals surface area contributed by atoms with Gasteiger partial charge in [0.05, 0.1) is 32.5 Å². The van der Waals surface area contributed by atoms with Crippen LogP contribution < -0.4 is 24.5 Å². The summed E-state index contributed by atoms with van der Waals surface area (Å²) >= 11 is 5.14. The lowest BCUT2D eigenvalue weighted by Crippen LogP contribution is -2.23. The Morgan fingerprint density at radius 2 is 1.63 bits per heavy atom. The van der Waals surface area contributed by atoms with Gasteiger partial charge in [-0.1, -0.05) is 12.1 Å². The second-order valence-corrected chi connectivity index (χ2v) is 7.01. The van der Waals surface area contributed by atoms with Gasteiger partial charge in [0.2, 0.25) is 5.88 Å². The molecule has 30 heavy (non-hydrogen) atoms. The number of nitrogens with one attached hydrogen (secondary N) is 2. The fourth-order valence-corrected chi connectivity index (χ4v) is 3.62. The van der Waals surface area contributed by atoms with Crippen molar-refractivity contribution in [1.82, 2.24) is 9.97 Å². The Hall–Kier alpha value is -3.52. The van der Waals surface area contributed by atoms with Crippen LogP contribution in [0.25, 0.3) is 5.76 Å². The molecule has 0 saturated carbocycles. The minimum absolute atomic E-state index is 0.190. The number of aromatic nitrogens is 2. The standard InChI is InChI=1S/C22H20N2O5S/c1-26-13-6-4-12(5-7-13)16-11-18(15-9-8-14(27-2)10-17(15)28-3)29-21-19(16)20(25)23-22(30)24-21/h4-11,16H,1-3H3,(H2,23,24,25,30). The maximum atomic E-state index is 12.7. The first kappa shape index (κ1) is 19.8. The molecule has 7 nitrogen and oxygen atoms in total. The third kappa shape index (κ3) is 3.57. The molecule has 154 valence electrons. The van der Waals surface area contributed by atoms with Crippen molar-refractivity contribution in [2.24, 2.45) is 0 Å². The van der Waals surface area contributed by atoms with Crippen LogP contribution >= 0.6 is 12.2 Å². The maximum Gasteiger partial charge on any atom is 0.259 e. The monoisotopic (exact) mass is 424 g/mol. The van der Waals surface area contributed by atoms with Gasteiger partial charge in [-0.3, -0.25) is 9.78 Å². The summed E-state index contributed by atoms with van der Waals surface area (Å²) in [7, 11) is 4.78. The summed E-state index contributed by atoms with van der Waals surface area (Å²) in [5, 5.41) is 0. The number of H-pyrrole nitrogens is 2. The Balaban J connectivity index is 1.90. The number of hydrogen-bond acceptors (Lipinski definition) is 6. The van der Waals surface area contributed by atoms with Crippen LogP contribution in [0.3, 0.4) is 0 Å². The zero-order chi connectivity index (χ0) is 21.3. The molecule has 1 aromatic heterocycles. The van der Waals surface area contributed by atoms with Gasteiger partial charge >= 0.3 is 0 Å². The van der Waals surface area contributed by atoms with Gasteiger partial charge in [-0.15, -0.1) is 0 Å². The van der Waals surface area contributed by atoms with E-state index in [0.717, 1.165) is 16.9 Å². The average molecular weight is 424 g/mol. The largest absolute Gasteiger partial charge is 0.497 e. The van der Waals surface area contributed by atoms with Crippen LogP contribution in [0.15, 0.2) is 53.3 Å². The number of rotatable bonds is 5. The third-order valence-electron chi connectivity index (χ3n) is 4.93. The summed E-state index contributed by atoms with van der Waals surface area (Å²) < 4.78 is 22.3. The van der Waals surface area contributed by atoms with E-state index in [1.807, 2.05) is 42.5 Å². The molecular formula is C22H20N2O5S. The molecule has 2 aromatic carbocycles. The van der Waals surface area contributed by atoms with Crippen LogP contribution in [0.4, 0.5) is 0 Å². The molecule has 0 amide bonds. The first-order valence-corrected chi connectivity index (χ1v) is 9.57. The van der Waals surface area contributed by atoms with E-state index in [4.69, 9.17) is 31.2 Å². The van der Waals surface area contributed by atoms with E-state index in [1.165, 1.54) is 0 Å². The van der Waals surface area contributed by atoms with Gasteiger partial charge in [0.25, 0.3) is 5.56 Å². The van der Waals surface area contributed by atoms with E-state index in [2.05, 4.69) is 9.97 Å². The third-order valence-corrected chi connectivity index (χ3v) is 5.14. The molecule has 0 aliphatic carbocycles. The summed E-state index contributed by atoms with van der Waals surface area (Å²) in [6.45, 7) is 0. The first-order chi connectivity index (χ1) is 14.5. The van der Waals surface area contributed by atoms with Crippen LogP contribution in [0.2, 0.25) is 0 Å². The van der Waals surface area contributed by atoms with Crippen LogP contribution in [-0.4, -0.2) is 31.3 Å². The normalized spacial score (nSPS) is 14.9. The zero-order valence-corrected chi connectivity index (χ0v) is 17.5. The molecule has 0 radical (unpaired) electrons. The van der Waals surface area contributed by atoms with Gasteiger partial charge in [-0.05, 0) is 48.1 Å². The Bertz CT molecular complexity index is 1230. The van der Waals surface area contributed by atoms with Gasteiger partial charge in [0.1, 0.15) is 23.0 Å². The van der Waals surface area contributed by atoms with E-state index in [9.17, 15) is 4.79 Å². The highest BCUT2D eigenvalue weighted by atomic mass is 32.1. The van der Waals surface area contributed by atoms with Crippen molar-refractivity contribution in [2.75, 3.05) is 21.3 Å². The van der Waals surface area contributed by atoms with Gasteiger partial charge < -0.3 is 23.9 Å². The summed E-state index contributed by atoms with van der Waals surface area (Å²) in [4.78, 5) is 18.3. The average Bonchev–Trinajstić information content (AvgIpc) is 2.77. The molecule has 4 rings (SSSR count). The van der Waals surface area contributed by atoms with E-state index in [-0.39, 0.29) is 16.2 Å². The van der Waals surface area contributed by atoms with E-state index in [1.54, 1.807) is 27.4 Å². The highest BCUT2D eigenvalue weighted by molar-refractivity contribution is 7.71. The lowest BCUT2D eigenvalue weighted by atomic mass is 9.89. The lowest BCUT2D eigenvalue weighted by molar-refractivity contribution is 0.389. The second-order valence-electron chi connectivity index (χ2n) is 6.60. The molecule has 1 unspecified atom stereocenters. The van der Waals surface area contributed by atoms with E-state index < -0.39 is 0 Å². The fraction of sp³-hybridized carbons (Fsp3) is 0.182. The molecule has 1 aliphatic rings. The Kier molecular flexibility index (Phi) is 5.33. The van der Waals surface area contributed by atoms with Crippen LogP contribution in [-0.2, 0) is 0 Å². The minimum atomic E-state index is -0.364. The molecule has 0 fully saturated rings. The molecule has 8 heteroatoms. The molecule has 0 spiro atoms. The van der Waals surface area contributed by atoms with Crippen molar-refractivity contribution in [3.8, 4) is 23.1 Å². The van der Waals surface area contributed by atoms with E-state index in [0.29, 0.717) is 28.7 Å². The molecule has 2 heterocycles. The maximum absolute atomic E-state index is 12.7. The molecule has 1 atom stereocenters. The first-order valence-electron chi connectivity index (χ1n) is 9.16. The van der Waals surface area contributed by atoms with Crippen LogP contribution in [0, 0.1) is 4.77 Å². The second kappa shape index (κ2) is 8.08. The van der Waals surface area contributed by atoms with Gasteiger partial charge in [0.15, 0.2) is 4.77 Å². The summed E-state index contributed by atoms with van der Waals surface area (Å²) in [6.07, 6.45) is 1.89. The summed E-state index contributed by atoms with van der Waals surface area (Å²) in [5.74, 6) is 2.46. The van der Waals surface area contributed by atoms with Crippen LogP contribution in [0.5, 0.6) is 23.1 Å². The number of benzene rings is 2. The predicted molar refractivity (Wildman–Crippen MR) is 115 cm³/mol. The number of hydrogen-bond donors (Lipinski definition) is 2. The Morgan fingerprint density at radius 3 is 2.30 bits per heavy atom. The number of aromatic amines is 2. The molecule has 0 saturated heterocycles. The van der Waals surface area contributed by atoms with Crippen molar-refractivity contribution in [3.05, 3.63) is 80.4 Å². The molecule has 1 aliphatic heterocycles. The smallest absolute Gasteiger partial charge is 0.259 e. The Labute approximate surface area is 177 Å². The summed E-state index contributed by atoms with van der Waals surface area (Å²) in [6, 6.07) is 13.0. The minimum Gasteiger partial charge on any atom is -0.497 e. The number of methoxy groups -OCH3 is 3. The molecule has 3 aromatic rings. The van der Waals surface area contributed by atoms with Gasteiger partial charge in [0, 0.05) is 12.0 Å². The van der Waals surface area contributed by atoms with Crippen molar-refractivity contribution >= 4 is 18.0 Å². The van der Waals surface area contributed by atoms with Crippen molar-refractivity contribution in [1.29, 1.82) is 0 Å². The predicted octanol–water partition coefficient (Wildman–Crippen LogP) is 4.02. The number of ether oxygens (including phenoxy) is 4.